The van der Waals surface area contributed by atoms with Gasteiger partial charge in [0.15, 0.2) is 5.82 Å². The molecule has 0 bridgehead atoms. The molecule has 0 saturated heterocycles. The zero-order valence-corrected chi connectivity index (χ0v) is 12.9. The van der Waals surface area contributed by atoms with E-state index in [0.717, 1.165) is 31.4 Å². The van der Waals surface area contributed by atoms with E-state index in [-0.39, 0.29) is 24.2 Å². The van der Waals surface area contributed by atoms with Crippen LogP contribution in [0.15, 0.2) is 17.0 Å². The van der Waals surface area contributed by atoms with Crippen molar-refractivity contribution >= 4 is 10.0 Å². The Kier molecular flexibility index (Phi) is 4.95. The predicted molar refractivity (Wildman–Crippen MR) is 76.3 cm³/mol. The molecule has 0 amide bonds. The normalized spacial score (nSPS) is 16.2. The molecule has 1 aliphatic carbocycles. The number of rotatable bonds is 6. The molecule has 1 aliphatic rings. The van der Waals surface area contributed by atoms with Crippen LogP contribution in [0, 0.1) is 11.6 Å². The van der Waals surface area contributed by atoms with E-state index >= 15 is 0 Å². The summed E-state index contributed by atoms with van der Waals surface area (Å²) in [5, 5.41) is 2.89. The first-order valence-corrected chi connectivity index (χ1v) is 8.52. The van der Waals surface area contributed by atoms with E-state index in [4.69, 9.17) is 0 Å². The highest BCUT2D eigenvalue weighted by Crippen LogP contribution is 2.24. The molecule has 0 aliphatic heterocycles. The fraction of sp³-hybridized carbons (Fsp3) is 0.571. The second-order valence-electron chi connectivity index (χ2n) is 5.62. The molecule has 7 heteroatoms. The van der Waals surface area contributed by atoms with Crippen molar-refractivity contribution in [3.05, 3.63) is 29.3 Å². The van der Waals surface area contributed by atoms with Gasteiger partial charge >= 0.3 is 0 Å². The first kappa shape index (κ1) is 16.3. The summed E-state index contributed by atoms with van der Waals surface area (Å²) < 4.78 is 54.8. The molecule has 2 N–H and O–H groups in total. The Hall–Kier alpha value is -1.05. The largest absolute Gasteiger partial charge is 0.310 e. The SMILES string of the molecule is CC(C)NCc1c(F)ccc(S(=O)(=O)NC2CCC2)c1F. The molecule has 1 aromatic carbocycles. The Balaban J connectivity index is 2.29. The second kappa shape index (κ2) is 6.37. The van der Waals surface area contributed by atoms with Gasteiger partial charge in [-0.15, -0.1) is 0 Å². The van der Waals surface area contributed by atoms with Gasteiger partial charge in [0.05, 0.1) is 0 Å². The first-order valence-electron chi connectivity index (χ1n) is 7.04. The van der Waals surface area contributed by atoms with Gasteiger partial charge in [0.2, 0.25) is 10.0 Å². The van der Waals surface area contributed by atoms with Crippen molar-refractivity contribution in [3.63, 3.8) is 0 Å². The standard InChI is InChI=1S/C14H20F2N2O2S/c1-9(2)17-8-11-12(15)6-7-13(14(11)16)21(19,20)18-10-4-3-5-10/h6-7,9-10,17-18H,3-5,8H2,1-2H3. The van der Waals surface area contributed by atoms with Crippen LogP contribution in [0.4, 0.5) is 8.78 Å². The molecule has 0 spiro atoms. The molecule has 21 heavy (non-hydrogen) atoms. The molecule has 0 aromatic heterocycles. The van der Waals surface area contributed by atoms with Crippen molar-refractivity contribution in [1.82, 2.24) is 10.0 Å². The summed E-state index contributed by atoms with van der Waals surface area (Å²) in [7, 11) is -3.95. The van der Waals surface area contributed by atoms with Crippen LogP contribution in [0.1, 0.15) is 38.7 Å². The Morgan fingerprint density at radius 1 is 1.29 bits per heavy atom. The van der Waals surface area contributed by atoms with E-state index in [0.29, 0.717) is 0 Å². The Labute approximate surface area is 124 Å². The zero-order valence-electron chi connectivity index (χ0n) is 12.1. The molecule has 0 unspecified atom stereocenters. The molecule has 0 radical (unpaired) electrons. The van der Waals surface area contributed by atoms with Gasteiger partial charge in [-0.1, -0.05) is 20.3 Å². The van der Waals surface area contributed by atoms with Crippen LogP contribution in [-0.2, 0) is 16.6 Å². The fourth-order valence-corrected chi connectivity index (χ4v) is 3.47. The lowest BCUT2D eigenvalue weighted by Gasteiger charge is -2.26. The third-order valence-corrected chi connectivity index (χ3v) is 5.09. The molecule has 0 atom stereocenters. The van der Waals surface area contributed by atoms with E-state index in [1.54, 1.807) is 0 Å². The molecular formula is C14H20F2N2O2S. The second-order valence-corrected chi connectivity index (χ2v) is 7.31. The Morgan fingerprint density at radius 3 is 2.48 bits per heavy atom. The topological polar surface area (TPSA) is 58.2 Å². The highest BCUT2D eigenvalue weighted by molar-refractivity contribution is 7.89. The minimum Gasteiger partial charge on any atom is -0.310 e. The van der Waals surface area contributed by atoms with Crippen LogP contribution in [0.25, 0.3) is 0 Å². The summed E-state index contributed by atoms with van der Waals surface area (Å²) in [6.45, 7) is 3.63. The maximum Gasteiger partial charge on any atom is 0.243 e. The number of hydrogen-bond donors (Lipinski definition) is 2. The molecule has 118 valence electrons. The summed E-state index contributed by atoms with van der Waals surface area (Å²) in [4.78, 5) is -0.489. The van der Waals surface area contributed by atoms with Crippen LogP contribution in [0.5, 0.6) is 0 Å². The number of hydrogen-bond acceptors (Lipinski definition) is 3. The molecule has 1 saturated carbocycles. The third-order valence-electron chi connectivity index (χ3n) is 3.55. The van der Waals surface area contributed by atoms with Gasteiger partial charge < -0.3 is 5.32 Å². The first-order chi connectivity index (χ1) is 9.81. The average Bonchev–Trinajstić information content (AvgIpc) is 2.33. The lowest BCUT2D eigenvalue weighted by atomic mass is 9.94. The van der Waals surface area contributed by atoms with E-state index in [1.165, 1.54) is 0 Å². The van der Waals surface area contributed by atoms with Crippen LogP contribution < -0.4 is 10.0 Å². The third kappa shape index (κ3) is 3.78. The van der Waals surface area contributed by atoms with Crippen LogP contribution in [0.3, 0.4) is 0 Å². The van der Waals surface area contributed by atoms with Crippen molar-refractivity contribution in [3.8, 4) is 0 Å². The van der Waals surface area contributed by atoms with Gasteiger partial charge in [-0.2, -0.15) is 0 Å². The minimum absolute atomic E-state index is 0.0390. The summed E-state index contributed by atoms with van der Waals surface area (Å²) in [6.07, 6.45) is 2.47. The van der Waals surface area contributed by atoms with Gasteiger partial charge in [0, 0.05) is 24.2 Å². The highest BCUT2D eigenvalue weighted by atomic mass is 32.2. The van der Waals surface area contributed by atoms with Crippen molar-refractivity contribution in [2.24, 2.45) is 0 Å². The monoisotopic (exact) mass is 318 g/mol. The van der Waals surface area contributed by atoms with Crippen molar-refractivity contribution in [2.45, 2.75) is 56.6 Å². The lowest BCUT2D eigenvalue weighted by Crippen LogP contribution is -2.39. The van der Waals surface area contributed by atoms with Crippen molar-refractivity contribution in [2.75, 3.05) is 0 Å². The molecule has 2 rings (SSSR count). The summed E-state index contributed by atoms with van der Waals surface area (Å²) in [5.74, 6) is -1.77. The quantitative estimate of drug-likeness (QED) is 0.846. The maximum absolute atomic E-state index is 14.4. The predicted octanol–water partition coefficient (Wildman–Crippen LogP) is 2.29. The van der Waals surface area contributed by atoms with E-state index in [9.17, 15) is 17.2 Å². The van der Waals surface area contributed by atoms with Gasteiger partial charge in [0.1, 0.15) is 10.7 Å². The van der Waals surface area contributed by atoms with E-state index in [1.807, 2.05) is 13.8 Å². The highest BCUT2D eigenvalue weighted by Gasteiger charge is 2.28. The van der Waals surface area contributed by atoms with Crippen LogP contribution in [-0.4, -0.2) is 20.5 Å². The summed E-state index contributed by atoms with van der Waals surface area (Å²) in [5.41, 5.74) is -0.250. The van der Waals surface area contributed by atoms with Gasteiger partial charge in [-0.05, 0) is 25.0 Å². The van der Waals surface area contributed by atoms with Crippen LogP contribution in [0.2, 0.25) is 0 Å². The summed E-state index contributed by atoms with van der Waals surface area (Å²) >= 11 is 0. The number of nitrogens with one attached hydrogen (secondary N) is 2. The zero-order chi connectivity index (χ0) is 15.6. The molecule has 4 nitrogen and oxygen atoms in total. The van der Waals surface area contributed by atoms with Gasteiger partial charge in [-0.25, -0.2) is 21.9 Å². The number of benzene rings is 1. The smallest absolute Gasteiger partial charge is 0.243 e. The maximum atomic E-state index is 14.4. The molecule has 0 heterocycles. The molecule has 1 aromatic rings. The number of halogens is 2. The minimum atomic E-state index is -3.95. The van der Waals surface area contributed by atoms with Crippen LogP contribution >= 0.6 is 0 Å². The lowest BCUT2D eigenvalue weighted by molar-refractivity contribution is 0.382. The van der Waals surface area contributed by atoms with E-state index in [2.05, 4.69) is 10.0 Å². The van der Waals surface area contributed by atoms with Crippen molar-refractivity contribution in [1.29, 1.82) is 0 Å². The Bertz CT molecular complexity index is 614. The van der Waals surface area contributed by atoms with E-state index < -0.39 is 26.6 Å². The fourth-order valence-electron chi connectivity index (χ4n) is 2.06. The van der Waals surface area contributed by atoms with Crippen molar-refractivity contribution < 1.29 is 17.2 Å². The number of sulfonamides is 1. The molecule has 1 fully saturated rings. The van der Waals surface area contributed by atoms with Gasteiger partial charge in [0.25, 0.3) is 0 Å². The summed E-state index contributed by atoms with van der Waals surface area (Å²) in [6, 6.07) is 1.87. The molecular weight excluding hydrogens is 298 g/mol. The average molecular weight is 318 g/mol. The Morgan fingerprint density at radius 2 is 1.95 bits per heavy atom. The van der Waals surface area contributed by atoms with Gasteiger partial charge in [-0.3, -0.25) is 0 Å².